The molecule has 0 saturated carbocycles. The van der Waals surface area contributed by atoms with E-state index in [1.54, 1.807) is 4.90 Å². The van der Waals surface area contributed by atoms with Crippen LogP contribution >= 0.6 is 0 Å². The average molecular weight is 266 g/mol. The number of nitrogens with one attached hydrogen (secondary N) is 1. The zero-order valence-electron chi connectivity index (χ0n) is 12.0. The Morgan fingerprint density at radius 3 is 2.45 bits per heavy atom. The molecule has 1 unspecified atom stereocenters. The predicted octanol–water partition coefficient (Wildman–Crippen LogP) is 3.37. The molecule has 1 heterocycles. The first-order valence-corrected chi connectivity index (χ1v) is 6.75. The van der Waals surface area contributed by atoms with Gasteiger partial charge in [0.15, 0.2) is 0 Å². The van der Waals surface area contributed by atoms with Gasteiger partial charge in [0.25, 0.3) is 5.91 Å². The lowest BCUT2D eigenvalue weighted by Gasteiger charge is -2.45. The molecule has 0 radical (unpaired) electrons. The summed E-state index contributed by atoms with van der Waals surface area (Å²) in [7, 11) is 1.84. The second-order valence-electron chi connectivity index (χ2n) is 5.42. The smallest absolute Gasteiger partial charge is 0.257 e. The Morgan fingerprint density at radius 2 is 1.70 bits per heavy atom. The van der Waals surface area contributed by atoms with E-state index in [2.05, 4.69) is 24.4 Å². The van der Waals surface area contributed by atoms with E-state index >= 15 is 0 Å². The highest BCUT2D eigenvalue weighted by Crippen LogP contribution is 2.37. The first-order valence-electron chi connectivity index (χ1n) is 6.75. The van der Waals surface area contributed by atoms with Crippen molar-refractivity contribution < 1.29 is 4.79 Å². The second kappa shape index (κ2) is 4.37. The van der Waals surface area contributed by atoms with Crippen LogP contribution in [0.4, 0.5) is 5.69 Å². The largest absolute Gasteiger partial charge is 0.358 e. The third-order valence-electron chi connectivity index (χ3n) is 4.18. The fourth-order valence-corrected chi connectivity index (χ4v) is 2.88. The van der Waals surface area contributed by atoms with Crippen LogP contribution < -0.4 is 5.32 Å². The van der Waals surface area contributed by atoms with Crippen LogP contribution in [0.2, 0.25) is 0 Å². The third kappa shape index (κ3) is 1.70. The first kappa shape index (κ1) is 12.7. The number of hydrogen-bond donors (Lipinski definition) is 1. The molecule has 2 aromatic carbocycles. The van der Waals surface area contributed by atoms with Gasteiger partial charge in [-0.15, -0.1) is 0 Å². The summed E-state index contributed by atoms with van der Waals surface area (Å²) in [6, 6.07) is 15.8. The topological polar surface area (TPSA) is 32.3 Å². The molecule has 3 nitrogen and oxygen atoms in total. The van der Waals surface area contributed by atoms with Gasteiger partial charge in [0.1, 0.15) is 5.66 Å². The second-order valence-corrected chi connectivity index (χ2v) is 5.42. The summed E-state index contributed by atoms with van der Waals surface area (Å²) in [5, 5.41) is 3.52. The number of aryl methyl sites for hydroxylation is 1. The summed E-state index contributed by atoms with van der Waals surface area (Å²) in [4.78, 5) is 14.4. The minimum atomic E-state index is -0.531. The van der Waals surface area contributed by atoms with Crippen molar-refractivity contribution in [2.45, 2.75) is 19.5 Å². The molecule has 0 aromatic heterocycles. The number of carbonyl (C=O) groups excluding carboxylic acids is 1. The van der Waals surface area contributed by atoms with E-state index in [4.69, 9.17) is 0 Å². The minimum absolute atomic E-state index is 0.0464. The molecular formula is C17H18N2O. The maximum atomic E-state index is 12.6. The van der Waals surface area contributed by atoms with Gasteiger partial charge in [-0.3, -0.25) is 4.79 Å². The Morgan fingerprint density at radius 1 is 1.05 bits per heavy atom. The van der Waals surface area contributed by atoms with Gasteiger partial charge in [-0.25, -0.2) is 0 Å². The van der Waals surface area contributed by atoms with Gasteiger partial charge < -0.3 is 10.2 Å². The highest BCUT2D eigenvalue weighted by Gasteiger charge is 2.40. The van der Waals surface area contributed by atoms with Crippen LogP contribution in [0.5, 0.6) is 0 Å². The van der Waals surface area contributed by atoms with E-state index in [1.165, 1.54) is 5.56 Å². The molecule has 2 aromatic rings. The van der Waals surface area contributed by atoms with Crippen molar-refractivity contribution in [2.75, 3.05) is 12.4 Å². The molecular weight excluding hydrogens is 248 g/mol. The molecule has 0 fully saturated rings. The molecule has 1 N–H and O–H groups in total. The summed E-state index contributed by atoms with van der Waals surface area (Å²) in [6.45, 7) is 4.12. The molecule has 3 heteroatoms. The molecule has 1 amide bonds. The van der Waals surface area contributed by atoms with E-state index in [-0.39, 0.29) is 5.91 Å². The summed E-state index contributed by atoms with van der Waals surface area (Å²) < 4.78 is 0. The molecule has 102 valence electrons. The SMILES string of the molecule is Cc1ccccc1C1(C)Nc2ccccc2C(=O)N1C. The zero-order chi connectivity index (χ0) is 14.3. The van der Waals surface area contributed by atoms with Crippen molar-refractivity contribution in [1.29, 1.82) is 0 Å². The number of benzene rings is 2. The Kier molecular flexibility index (Phi) is 2.78. The van der Waals surface area contributed by atoms with E-state index in [0.29, 0.717) is 0 Å². The number of nitrogens with zero attached hydrogens (tertiary/aromatic N) is 1. The standard InChI is InChI=1S/C17H18N2O/c1-12-8-4-6-10-14(12)17(2)18-15-11-7-5-9-13(15)16(20)19(17)3/h4-11,18H,1-3H3. The fourth-order valence-electron chi connectivity index (χ4n) is 2.88. The van der Waals surface area contributed by atoms with Crippen LogP contribution in [0.1, 0.15) is 28.4 Å². The molecule has 0 aliphatic carbocycles. The van der Waals surface area contributed by atoms with Crippen molar-refractivity contribution in [3.8, 4) is 0 Å². The van der Waals surface area contributed by atoms with Gasteiger partial charge in [-0.1, -0.05) is 36.4 Å². The van der Waals surface area contributed by atoms with Gasteiger partial charge in [0.05, 0.1) is 5.56 Å². The van der Waals surface area contributed by atoms with E-state index in [1.807, 2.05) is 50.4 Å². The molecule has 0 saturated heterocycles. The van der Waals surface area contributed by atoms with Gasteiger partial charge in [-0.2, -0.15) is 0 Å². The number of rotatable bonds is 1. The van der Waals surface area contributed by atoms with Gasteiger partial charge in [0.2, 0.25) is 0 Å². The van der Waals surface area contributed by atoms with E-state index in [9.17, 15) is 4.79 Å². The first-order chi connectivity index (χ1) is 9.54. The monoisotopic (exact) mass is 266 g/mol. The summed E-state index contributed by atoms with van der Waals surface area (Å²) in [6.07, 6.45) is 0. The molecule has 20 heavy (non-hydrogen) atoms. The lowest BCUT2D eigenvalue weighted by atomic mass is 9.91. The lowest BCUT2D eigenvalue weighted by molar-refractivity contribution is 0.0615. The van der Waals surface area contributed by atoms with Gasteiger partial charge in [0, 0.05) is 18.3 Å². The Hall–Kier alpha value is -2.29. The maximum absolute atomic E-state index is 12.6. The summed E-state index contributed by atoms with van der Waals surface area (Å²) >= 11 is 0. The molecule has 1 aliphatic heterocycles. The van der Waals surface area contributed by atoms with Crippen LogP contribution in [0.25, 0.3) is 0 Å². The van der Waals surface area contributed by atoms with Crippen molar-refractivity contribution in [3.05, 3.63) is 65.2 Å². The Balaban J connectivity index is 2.17. The summed E-state index contributed by atoms with van der Waals surface area (Å²) in [5.41, 5.74) is 3.37. The molecule has 0 bridgehead atoms. The fraction of sp³-hybridized carbons (Fsp3) is 0.235. The normalized spacial score (nSPS) is 21.4. The number of fused-ring (bicyclic) bond motifs is 1. The van der Waals surface area contributed by atoms with Crippen molar-refractivity contribution in [2.24, 2.45) is 0 Å². The zero-order valence-corrected chi connectivity index (χ0v) is 12.0. The van der Waals surface area contributed by atoms with Crippen LogP contribution in [0.15, 0.2) is 48.5 Å². The van der Waals surface area contributed by atoms with Crippen molar-refractivity contribution in [3.63, 3.8) is 0 Å². The lowest BCUT2D eigenvalue weighted by Crippen LogP contribution is -2.54. The van der Waals surface area contributed by atoms with Crippen LogP contribution in [0.3, 0.4) is 0 Å². The highest BCUT2D eigenvalue weighted by atomic mass is 16.2. The van der Waals surface area contributed by atoms with E-state index < -0.39 is 5.66 Å². The van der Waals surface area contributed by atoms with Crippen LogP contribution in [0, 0.1) is 6.92 Å². The molecule has 3 rings (SSSR count). The Bertz CT molecular complexity index is 680. The van der Waals surface area contributed by atoms with Crippen LogP contribution in [-0.4, -0.2) is 17.9 Å². The van der Waals surface area contributed by atoms with Gasteiger partial charge in [-0.05, 0) is 31.5 Å². The van der Waals surface area contributed by atoms with Crippen LogP contribution in [-0.2, 0) is 5.66 Å². The number of anilines is 1. The maximum Gasteiger partial charge on any atom is 0.257 e. The van der Waals surface area contributed by atoms with Crippen molar-refractivity contribution >= 4 is 11.6 Å². The van der Waals surface area contributed by atoms with Gasteiger partial charge >= 0.3 is 0 Å². The van der Waals surface area contributed by atoms with E-state index in [0.717, 1.165) is 16.8 Å². The number of carbonyl (C=O) groups is 1. The number of amides is 1. The molecule has 1 atom stereocenters. The predicted molar refractivity (Wildman–Crippen MR) is 80.7 cm³/mol. The molecule has 1 aliphatic rings. The van der Waals surface area contributed by atoms with Crippen molar-refractivity contribution in [1.82, 2.24) is 4.90 Å². The molecule has 0 spiro atoms. The average Bonchev–Trinajstić information content (AvgIpc) is 2.45. The Labute approximate surface area is 119 Å². The quantitative estimate of drug-likeness (QED) is 0.858. The number of para-hydroxylation sites is 1. The minimum Gasteiger partial charge on any atom is -0.358 e. The third-order valence-corrected chi connectivity index (χ3v) is 4.18. The highest BCUT2D eigenvalue weighted by molar-refractivity contribution is 6.02. The number of hydrogen-bond acceptors (Lipinski definition) is 2. The summed E-state index contributed by atoms with van der Waals surface area (Å²) in [5.74, 6) is 0.0464.